The van der Waals surface area contributed by atoms with Crippen molar-refractivity contribution in [1.29, 1.82) is 0 Å². The number of amides is 1. The van der Waals surface area contributed by atoms with Gasteiger partial charge >= 0.3 is 0 Å². The molecule has 1 aromatic rings. The monoisotopic (exact) mass is 584 g/mol. The second kappa shape index (κ2) is 16.8. The van der Waals surface area contributed by atoms with Crippen molar-refractivity contribution < 1.29 is 19.2 Å². The van der Waals surface area contributed by atoms with E-state index in [9.17, 15) is 19.3 Å². The van der Waals surface area contributed by atoms with Crippen LogP contribution in [-0.4, -0.2) is 60.4 Å². The van der Waals surface area contributed by atoms with Gasteiger partial charge in [-0.05, 0) is 48.9 Å². The molecule has 1 atom stereocenters. The first kappa shape index (κ1) is 33.7. The largest absolute Gasteiger partial charge is 0.632 e. The Bertz CT molecular complexity index is 1110. The lowest BCUT2D eigenvalue weighted by Gasteiger charge is -2.49. The molecule has 8 nitrogen and oxygen atoms in total. The second-order valence-corrected chi connectivity index (χ2v) is 12.5. The van der Waals surface area contributed by atoms with Crippen LogP contribution in [0, 0.1) is 15.5 Å². The number of allylic oxidation sites excluding steroid dienone is 2. The molecule has 0 aromatic heterocycles. The zero-order valence-corrected chi connectivity index (χ0v) is 25.5. The average Bonchev–Trinajstić information content (AvgIpc) is 2.96. The molecular weight excluding hydrogens is 533 g/mol. The summed E-state index contributed by atoms with van der Waals surface area (Å²) in [4.78, 5) is 25.4. The fourth-order valence-electron chi connectivity index (χ4n) is 6.18. The van der Waals surface area contributed by atoms with Crippen molar-refractivity contribution in [1.82, 2.24) is 4.90 Å². The quantitative estimate of drug-likeness (QED) is 0.0819. The van der Waals surface area contributed by atoms with Crippen LogP contribution in [0.25, 0.3) is 0 Å². The maximum absolute atomic E-state index is 15.0. The molecule has 4 N–H and O–H groups in total. The summed E-state index contributed by atoms with van der Waals surface area (Å²) in [5.41, 5.74) is 7.63. The Balaban J connectivity index is 1.45. The van der Waals surface area contributed by atoms with E-state index in [1.165, 1.54) is 32.1 Å². The molecule has 1 amide bonds. The van der Waals surface area contributed by atoms with Crippen LogP contribution >= 0.6 is 0 Å². The third-order valence-corrected chi connectivity index (χ3v) is 8.73. The first-order valence-electron chi connectivity index (χ1n) is 15.8. The predicted molar refractivity (Wildman–Crippen MR) is 167 cm³/mol. The lowest BCUT2D eigenvalue weighted by Crippen LogP contribution is -2.58. The number of hydrogen-bond donors (Lipinski definition) is 2. The molecule has 0 radical (unpaired) electrons. The molecule has 1 aliphatic heterocycles. The van der Waals surface area contributed by atoms with Gasteiger partial charge in [0.1, 0.15) is 18.9 Å². The van der Waals surface area contributed by atoms with Gasteiger partial charge in [-0.25, -0.2) is 4.39 Å². The van der Waals surface area contributed by atoms with Crippen molar-refractivity contribution in [2.24, 2.45) is 16.3 Å². The van der Waals surface area contributed by atoms with Gasteiger partial charge in [-0.1, -0.05) is 81.3 Å². The van der Waals surface area contributed by atoms with Gasteiger partial charge in [0.2, 0.25) is 5.91 Å². The zero-order chi connectivity index (χ0) is 30.4. The summed E-state index contributed by atoms with van der Waals surface area (Å²) in [5, 5.41) is 23.1. The van der Waals surface area contributed by atoms with E-state index in [-0.39, 0.29) is 37.9 Å². The van der Waals surface area contributed by atoms with E-state index in [1.807, 2.05) is 37.3 Å². The van der Waals surface area contributed by atoms with Crippen LogP contribution < -0.4 is 11.1 Å². The number of halogens is 1. The normalized spacial score (nSPS) is 20.1. The molecule has 0 bridgehead atoms. The van der Waals surface area contributed by atoms with Crippen LogP contribution in [-0.2, 0) is 11.3 Å². The van der Waals surface area contributed by atoms with Crippen molar-refractivity contribution in [3.63, 3.8) is 0 Å². The highest BCUT2D eigenvalue weighted by molar-refractivity contribution is 5.97. The zero-order valence-electron chi connectivity index (χ0n) is 25.5. The molecule has 1 unspecified atom stereocenters. The van der Waals surface area contributed by atoms with Gasteiger partial charge in [0.25, 0.3) is 0 Å². The Morgan fingerprint density at radius 1 is 1.07 bits per heavy atom. The predicted octanol–water partition coefficient (Wildman–Crippen LogP) is 5.10. The molecule has 2 aliphatic rings. The summed E-state index contributed by atoms with van der Waals surface area (Å²) in [5.74, 6) is -0.228. The summed E-state index contributed by atoms with van der Waals surface area (Å²) < 4.78 is 14.4. The van der Waals surface area contributed by atoms with Gasteiger partial charge in [0, 0.05) is 24.0 Å². The minimum Gasteiger partial charge on any atom is -0.632 e. The molecular formula is C33H51FN5O3+. The van der Waals surface area contributed by atoms with Crippen molar-refractivity contribution >= 4 is 11.6 Å². The third-order valence-electron chi connectivity index (χ3n) is 8.73. The van der Waals surface area contributed by atoms with Crippen LogP contribution in [0.2, 0.25) is 0 Å². The Labute approximate surface area is 250 Å². The van der Waals surface area contributed by atoms with Crippen molar-refractivity contribution in [2.75, 3.05) is 39.3 Å². The molecule has 1 fully saturated rings. The molecule has 0 spiro atoms. The summed E-state index contributed by atoms with van der Waals surface area (Å²) >= 11 is 0. The standard InChI is InChI=1S/C33H50FN5O3/c1-33(24-31(36)29-14-11-10-13-27(29)25-37-41)17-16-30(34)28(23-33)26-39(42)21-19-38(20-22-39)32(40)15-9-7-5-3-2-4-6-8-12-18-35/h10-11,13-14,16,23,36H,2-9,12,15,17-22,24-26,35H2,1H3/p+1. The molecule has 1 saturated heterocycles. The average molecular weight is 585 g/mol. The lowest BCUT2D eigenvalue weighted by molar-refractivity contribution is -0.879. The van der Waals surface area contributed by atoms with Crippen molar-refractivity contribution in [3.05, 3.63) is 69.1 Å². The number of unbranched alkanes of at least 4 members (excludes halogenated alkanes) is 8. The number of nitrogens with zero attached hydrogens (tertiary/aromatic N) is 3. The number of hydroxylamine groups is 3. The summed E-state index contributed by atoms with van der Waals surface area (Å²) in [6.45, 7) is 4.20. The summed E-state index contributed by atoms with van der Waals surface area (Å²) in [6, 6.07) is 7.41. The number of piperazine rings is 1. The fraction of sp³-hybridized carbons (Fsp3) is 0.636. The first-order valence-corrected chi connectivity index (χ1v) is 15.8. The Morgan fingerprint density at radius 2 is 1.69 bits per heavy atom. The number of nitrogens with two attached hydrogens (primary N) is 2. The van der Waals surface area contributed by atoms with Gasteiger partial charge in [-0.3, -0.25) is 10.2 Å². The van der Waals surface area contributed by atoms with Crippen LogP contribution in [0.15, 0.2) is 53.0 Å². The van der Waals surface area contributed by atoms with Gasteiger partial charge < -0.3 is 20.5 Å². The molecule has 232 valence electrons. The molecule has 1 heterocycles. The van der Waals surface area contributed by atoms with E-state index in [0.717, 1.165) is 43.4 Å². The number of hydrogen-bond acceptors (Lipinski definition) is 5. The number of quaternary nitrogens is 1. The van der Waals surface area contributed by atoms with Gasteiger partial charge in [0.15, 0.2) is 5.71 Å². The summed E-state index contributed by atoms with van der Waals surface area (Å²) in [6.07, 6.45) is 15.3. The molecule has 9 heteroatoms. The highest BCUT2D eigenvalue weighted by Crippen LogP contribution is 2.38. The van der Waals surface area contributed by atoms with Crippen molar-refractivity contribution in [2.45, 2.75) is 90.5 Å². The molecule has 1 aliphatic carbocycles. The maximum atomic E-state index is 15.0. The smallest absolute Gasteiger partial charge is 0.222 e. The van der Waals surface area contributed by atoms with Crippen LogP contribution in [0.3, 0.4) is 0 Å². The number of carbonyl (C=O) groups excluding carboxylic acids is 1. The third kappa shape index (κ3) is 10.5. The van der Waals surface area contributed by atoms with Crippen molar-refractivity contribution in [3.8, 4) is 0 Å². The van der Waals surface area contributed by atoms with Gasteiger partial charge in [-0.2, -0.15) is 4.91 Å². The Kier molecular flexibility index (Phi) is 13.5. The van der Waals surface area contributed by atoms with Gasteiger partial charge in [0.05, 0.1) is 26.2 Å². The first-order chi connectivity index (χ1) is 20.2. The Morgan fingerprint density at radius 3 is 2.33 bits per heavy atom. The van der Waals surface area contributed by atoms with E-state index in [2.05, 4.69) is 5.18 Å². The van der Waals surface area contributed by atoms with Crippen LogP contribution in [0.1, 0.15) is 95.1 Å². The number of benzene rings is 1. The van der Waals surface area contributed by atoms with E-state index < -0.39 is 10.1 Å². The maximum Gasteiger partial charge on any atom is 0.222 e. The number of nitroso groups, excluding NO2 is 1. The molecule has 0 saturated carbocycles. The molecule has 3 rings (SSSR count). The summed E-state index contributed by atoms with van der Waals surface area (Å²) in [7, 11) is 0. The van der Waals surface area contributed by atoms with Gasteiger partial charge in [-0.15, -0.1) is 0 Å². The topological polar surface area (TPSA) is 124 Å². The van der Waals surface area contributed by atoms with E-state index in [4.69, 9.17) is 11.1 Å². The minimum atomic E-state index is -0.536. The highest BCUT2D eigenvalue weighted by Gasteiger charge is 2.35. The highest BCUT2D eigenvalue weighted by atomic mass is 19.1. The van der Waals surface area contributed by atoms with Crippen LogP contribution in [0.5, 0.6) is 0 Å². The second-order valence-electron chi connectivity index (χ2n) is 12.5. The lowest BCUT2D eigenvalue weighted by atomic mass is 9.75. The molecule has 42 heavy (non-hydrogen) atoms. The Hall–Kier alpha value is -2.75. The number of carbonyl (C=O) groups is 1. The minimum absolute atomic E-state index is 0.0369. The van der Waals surface area contributed by atoms with Crippen LogP contribution in [0.4, 0.5) is 4.39 Å². The fourth-order valence-corrected chi connectivity index (χ4v) is 6.18. The van der Waals surface area contributed by atoms with E-state index in [1.54, 1.807) is 11.0 Å². The molecule has 1 aromatic carbocycles. The van der Waals surface area contributed by atoms with E-state index in [0.29, 0.717) is 43.6 Å². The van der Waals surface area contributed by atoms with E-state index >= 15 is 0 Å². The number of rotatable bonds is 18. The SMILES string of the molecule is CC1(CC(=[NH2+])c2ccccc2CN=O)C=C(C[N+]2([O-])CCN(C(=O)CCCCCCCCCCCN)CC2)C(F)=CC1.